The summed E-state index contributed by atoms with van der Waals surface area (Å²) in [5.74, 6) is 0. The van der Waals surface area contributed by atoms with Gasteiger partial charge < -0.3 is 5.73 Å². The van der Waals surface area contributed by atoms with E-state index in [2.05, 4.69) is 14.2 Å². The predicted octanol–water partition coefficient (Wildman–Crippen LogP) is 0.226. The molecule has 0 spiro atoms. The Kier molecular flexibility index (Phi) is 1.26. The molecule has 1 rings (SSSR count). The summed E-state index contributed by atoms with van der Waals surface area (Å²) in [4.78, 5) is 3.87. The van der Waals surface area contributed by atoms with Gasteiger partial charge in [0.1, 0.15) is 9.75 Å². The second kappa shape index (κ2) is 1.76. The van der Waals surface area contributed by atoms with Gasteiger partial charge in [0.05, 0.1) is 6.20 Å². The molecule has 0 aliphatic heterocycles. The Balaban J connectivity index is 3.04. The van der Waals surface area contributed by atoms with Gasteiger partial charge in [-0.15, -0.1) is 0 Å². The van der Waals surface area contributed by atoms with Crippen LogP contribution in [0.5, 0.6) is 0 Å². The highest BCUT2D eigenvalue weighted by atomic mass is 32.1. The topological polar surface area (TPSA) is 38.9 Å². The molecule has 0 radical (unpaired) electrons. The van der Waals surface area contributed by atoms with Crippen LogP contribution in [0.15, 0.2) is 6.20 Å². The molecule has 0 aromatic carbocycles. The summed E-state index contributed by atoms with van der Waals surface area (Å²) in [7, 11) is 2.48. The normalized spacial score (nSPS) is 9.29. The van der Waals surface area contributed by atoms with Crippen molar-refractivity contribution in [2.75, 3.05) is 5.73 Å². The smallest absolute Gasteiger partial charge is 0.111 e. The number of hydrogen-bond donors (Lipinski definition) is 1. The Labute approximate surface area is 48.0 Å². The van der Waals surface area contributed by atoms with E-state index in [-0.39, 0.29) is 0 Å². The summed E-state index contributed by atoms with van der Waals surface area (Å²) >= 11 is 1.47. The van der Waals surface area contributed by atoms with E-state index in [0.29, 0.717) is 0 Å². The zero-order valence-electron chi connectivity index (χ0n) is 3.59. The van der Waals surface area contributed by atoms with Gasteiger partial charge in [-0.3, -0.25) is 0 Å². The van der Waals surface area contributed by atoms with Crippen molar-refractivity contribution in [1.82, 2.24) is 4.98 Å². The van der Waals surface area contributed by atoms with E-state index in [4.69, 9.17) is 5.73 Å². The molecule has 7 heavy (non-hydrogen) atoms. The number of anilines is 1. The van der Waals surface area contributed by atoms with Gasteiger partial charge in [0.15, 0.2) is 0 Å². The molecule has 4 heteroatoms. The summed E-state index contributed by atoms with van der Waals surface area (Å²) in [5, 5.41) is 0.769. The molecule has 1 atom stereocenters. The lowest BCUT2D eigenvalue weighted by Crippen LogP contribution is -1.79. The van der Waals surface area contributed by atoms with Crippen molar-refractivity contribution in [2.45, 2.75) is 0 Å². The van der Waals surface area contributed by atoms with Crippen molar-refractivity contribution >= 4 is 30.3 Å². The van der Waals surface area contributed by atoms with Crippen molar-refractivity contribution in [3.05, 3.63) is 6.20 Å². The first-order valence-electron chi connectivity index (χ1n) is 1.76. The number of aromatic nitrogens is 1. The monoisotopic (exact) mass is 132 g/mol. The number of rotatable bonds is 0. The highest BCUT2D eigenvalue weighted by Gasteiger charge is 1.86. The molecular formula is C3H5N2PS. The van der Waals surface area contributed by atoms with Gasteiger partial charge in [0, 0.05) is 0 Å². The average molecular weight is 132 g/mol. The van der Waals surface area contributed by atoms with Gasteiger partial charge >= 0.3 is 0 Å². The largest absolute Gasteiger partial charge is 0.389 e. The van der Waals surface area contributed by atoms with E-state index >= 15 is 0 Å². The fourth-order valence-corrected chi connectivity index (χ4v) is 1.24. The van der Waals surface area contributed by atoms with E-state index in [1.165, 1.54) is 11.3 Å². The molecule has 1 heterocycles. The van der Waals surface area contributed by atoms with Crippen LogP contribution in [0.1, 0.15) is 0 Å². The second-order valence-electron chi connectivity index (χ2n) is 1.10. The van der Waals surface area contributed by atoms with Crippen LogP contribution in [-0.2, 0) is 0 Å². The lowest BCUT2D eigenvalue weighted by molar-refractivity contribution is 1.48. The number of nitrogens with two attached hydrogens (primary N) is 1. The molecule has 1 aromatic rings. The zero-order chi connectivity index (χ0) is 5.28. The number of nitrogen functional groups attached to an aromatic ring is 1. The quantitative estimate of drug-likeness (QED) is 0.513. The Morgan fingerprint density at radius 3 is 2.71 bits per heavy atom. The molecule has 2 N–H and O–H groups in total. The van der Waals surface area contributed by atoms with Gasteiger partial charge in [-0.1, -0.05) is 20.6 Å². The molecule has 38 valence electrons. The van der Waals surface area contributed by atoms with Gasteiger partial charge in [-0.2, -0.15) is 0 Å². The van der Waals surface area contributed by atoms with Gasteiger partial charge in [0.25, 0.3) is 0 Å². The standard InChI is InChI=1S/C3H5N2PS/c4-2-1-5-3(6)7-2/h1H,4,6H2. The molecule has 0 saturated heterocycles. The minimum Gasteiger partial charge on any atom is -0.389 e. The first kappa shape index (κ1) is 5.01. The van der Waals surface area contributed by atoms with Crippen LogP contribution in [0, 0.1) is 0 Å². The van der Waals surface area contributed by atoms with Crippen LogP contribution >= 0.6 is 20.6 Å². The highest BCUT2D eigenvalue weighted by Crippen LogP contribution is 2.06. The van der Waals surface area contributed by atoms with Crippen LogP contribution in [0.2, 0.25) is 0 Å². The molecule has 0 bridgehead atoms. The minimum absolute atomic E-state index is 0.769. The number of hydrogen-bond acceptors (Lipinski definition) is 3. The van der Waals surface area contributed by atoms with E-state index in [9.17, 15) is 0 Å². The van der Waals surface area contributed by atoms with Gasteiger partial charge in [0.2, 0.25) is 0 Å². The predicted molar refractivity (Wildman–Crippen MR) is 35.9 cm³/mol. The molecule has 2 nitrogen and oxygen atoms in total. The SMILES string of the molecule is Nc1cnc(P)s1. The summed E-state index contributed by atoms with van der Waals surface area (Å²) < 4.78 is 0.942. The zero-order valence-corrected chi connectivity index (χ0v) is 5.56. The maximum absolute atomic E-state index is 5.32. The van der Waals surface area contributed by atoms with Crippen LogP contribution in [-0.4, -0.2) is 4.98 Å². The maximum atomic E-state index is 5.32. The van der Waals surface area contributed by atoms with Crippen LogP contribution in [0.4, 0.5) is 5.00 Å². The third-order valence-corrected chi connectivity index (χ3v) is 1.70. The Morgan fingerprint density at radius 1 is 1.86 bits per heavy atom. The van der Waals surface area contributed by atoms with Crippen molar-refractivity contribution < 1.29 is 0 Å². The minimum atomic E-state index is 0.769. The Bertz CT molecular complexity index is 145. The van der Waals surface area contributed by atoms with Gasteiger partial charge in [-0.05, 0) is 0 Å². The highest BCUT2D eigenvalue weighted by molar-refractivity contribution is 7.43. The van der Waals surface area contributed by atoms with E-state index in [1.54, 1.807) is 6.20 Å². The number of thiazole rings is 1. The molecule has 0 aliphatic carbocycles. The van der Waals surface area contributed by atoms with Crippen molar-refractivity contribution in [1.29, 1.82) is 0 Å². The van der Waals surface area contributed by atoms with E-state index < -0.39 is 0 Å². The van der Waals surface area contributed by atoms with E-state index in [0.717, 1.165) is 9.75 Å². The molecular weight excluding hydrogens is 127 g/mol. The molecule has 0 amide bonds. The maximum Gasteiger partial charge on any atom is 0.111 e. The Morgan fingerprint density at radius 2 is 2.57 bits per heavy atom. The van der Waals surface area contributed by atoms with Crippen molar-refractivity contribution in [3.63, 3.8) is 0 Å². The lowest BCUT2D eigenvalue weighted by Gasteiger charge is -1.70. The Hall–Kier alpha value is -0.140. The first-order chi connectivity index (χ1) is 3.29. The van der Waals surface area contributed by atoms with Gasteiger partial charge in [-0.25, -0.2) is 4.98 Å². The molecule has 1 unspecified atom stereocenters. The molecule has 0 fully saturated rings. The first-order valence-corrected chi connectivity index (χ1v) is 3.15. The third kappa shape index (κ3) is 1.11. The average Bonchev–Trinajstić information content (AvgIpc) is 1.87. The van der Waals surface area contributed by atoms with Crippen molar-refractivity contribution in [3.8, 4) is 0 Å². The van der Waals surface area contributed by atoms with E-state index in [1.807, 2.05) is 0 Å². The second-order valence-corrected chi connectivity index (χ2v) is 3.16. The van der Waals surface area contributed by atoms with Crippen LogP contribution < -0.4 is 10.5 Å². The molecule has 0 aliphatic rings. The molecule has 0 saturated carbocycles. The summed E-state index contributed by atoms with van der Waals surface area (Å²) in [6, 6.07) is 0. The fourth-order valence-electron chi connectivity index (χ4n) is 0.301. The summed E-state index contributed by atoms with van der Waals surface area (Å²) in [6.07, 6.45) is 1.65. The summed E-state index contributed by atoms with van der Waals surface area (Å²) in [5.41, 5.74) is 5.32. The van der Waals surface area contributed by atoms with Crippen molar-refractivity contribution in [2.24, 2.45) is 0 Å². The van der Waals surface area contributed by atoms with Crippen LogP contribution in [0.3, 0.4) is 0 Å². The lowest BCUT2D eigenvalue weighted by atomic mass is 10.9. The molecule has 1 aromatic heterocycles. The fraction of sp³-hybridized carbons (Fsp3) is 0. The summed E-state index contributed by atoms with van der Waals surface area (Å²) in [6.45, 7) is 0. The number of nitrogens with zero attached hydrogens (tertiary/aromatic N) is 1. The third-order valence-electron chi connectivity index (χ3n) is 0.541. The van der Waals surface area contributed by atoms with Crippen LogP contribution in [0.25, 0.3) is 0 Å².